The molecule has 0 aliphatic carbocycles. The third kappa shape index (κ3) is 4.67. The Labute approximate surface area is 141 Å². The first-order valence-corrected chi connectivity index (χ1v) is 7.74. The molecule has 2 aromatic rings. The first-order valence-electron chi connectivity index (χ1n) is 7.74. The second-order valence-electron chi connectivity index (χ2n) is 6.10. The van der Waals surface area contributed by atoms with E-state index < -0.39 is 5.60 Å². The number of aliphatic hydroxyl groups is 1. The van der Waals surface area contributed by atoms with Crippen molar-refractivity contribution in [1.82, 2.24) is 0 Å². The lowest BCUT2D eigenvalue weighted by molar-refractivity contribution is -0.120. The van der Waals surface area contributed by atoms with Gasteiger partial charge in [-0.2, -0.15) is 0 Å². The highest BCUT2D eigenvalue weighted by atomic mass is 16.3. The minimum atomic E-state index is -1.27. The first kappa shape index (κ1) is 17.7. The molecule has 0 radical (unpaired) electrons. The fourth-order valence-corrected chi connectivity index (χ4v) is 2.47. The molecule has 5 heteroatoms. The van der Waals surface area contributed by atoms with E-state index in [9.17, 15) is 14.7 Å². The molecular weight excluding hydrogens is 304 g/mol. The first-order chi connectivity index (χ1) is 11.3. The Balaban J connectivity index is 2.15. The minimum absolute atomic E-state index is 0.0928. The Kier molecular flexibility index (Phi) is 5.36. The summed E-state index contributed by atoms with van der Waals surface area (Å²) in [6, 6.07) is 14.4. The molecule has 0 aliphatic heterocycles. The number of anilines is 2. The van der Waals surface area contributed by atoms with Crippen LogP contribution in [0.15, 0.2) is 48.5 Å². The van der Waals surface area contributed by atoms with Gasteiger partial charge in [-0.15, -0.1) is 0 Å². The molecule has 3 N–H and O–H groups in total. The highest BCUT2D eigenvalue weighted by molar-refractivity contribution is 5.99. The monoisotopic (exact) mass is 326 g/mol. The van der Waals surface area contributed by atoms with Crippen LogP contribution in [0.1, 0.15) is 31.4 Å². The van der Waals surface area contributed by atoms with E-state index in [0.29, 0.717) is 16.9 Å². The van der Waals surface area contributed by atoms with Crippen molar-refractivity contribution in [2.45, 2.75) is 32.8 Å². The number of carbonyl (C=O) groups excluding carboxylic acids is 2. The van der Waals surface area contributed by atoms with Crippen LogP contribution in [0.25, 0.3) is 0 Å². The van der Waals surface area contributed by atoms with Gasteiger partial charge in [0.15, 0.2) is 0 Å². The molecule has 0 heterocycles. The van der Waals surface area contributed by atoms with E-state index in [0.717, 1.165) is 5.56 Å². The summed E-state index contributed by atoms with van der Waals surface area (Å²) in [6.07, 6.45) is -0.0928. The highest BCUT2D eigenvalue weighted by Gasteiger charge is 2.26. The molecule has 0 saturated carbocycles. The van der Waals surface area contributed by atoms with Crippen molar-refractivity contribution in [2.75, 3.05) is 10.6 Å². The molecule has 2 aromatic carbocycles. The molecule has 1 atom stereocenters. The molecule has 126 valence electrons. The second-order valence-corrected chi connectivity index (χ2v) is 6.10. The summed E-state index contributed by atoms with van der Waals surface area (Å²) < 4.78 is 0. The molecule has 0 bridgehead atoms. The van der Waals surface area contributed by atoms with Crippen molar-refractivity contribution in [3.05, 3.63) is 59.7 Å². The Bertz CT molecular complexity index is 740. The normalized spacial score (nSPS) is 13.0. The van der Waals surface area contributed by atoms with Crippen LogP contribution in [0.5, 0.6) is 0 Å². The maximum Gasteiger partial charge on any atom is 0.227 e. The fourth-order valence-electron chi connectivity index (χ4n) is 2.47. The molecule has 0 aromatic heterocycles. The molecule has 0 fully saturated rings. The van der Waals surface area contributed by atoms with Crippen LogP contribution in [0.4, 0.5) is 11.4 Å². The summed E-state index contributed by atoms with van der Waals surface area (Å²) in [6.45, 7) is 4.91. The molecular formula is C19H22N2O3. The lowest BCUT2D eigenvalue weighted by Crippen LogP contribution is -2.28. The van der Waals surface area contributed by atoms with E-state index >= 15 is 0 Å². The van der Waals surface area contributed by atoms with Gasteiger partial charge < -0.3 is 15.7 Å². The van der Waals surface area contributed by atoms with Gasteiger partial charge in [-0.25, -0.2) is 0 Å². The second kappa shape index (κ2) is 7.27. The fraction of sp³-hybridized carbons (Fsp3) is 0.263. The van der Waals surface area contributed by atoms with E-state index in [1.54, 1.807) is 31.2 Å². The molecule has 0 spiro atoms. The van der Waals surface area contributed by atoms with Crippen molar-refractivity contribution in [1.29, 1.82) is 0 Å². The molecule has 24 heavy (non-hydrogen) atoms. The molecule has 0 aliphatic rings. The zero-order valence-electron chi connectivity index (χ0n) is 14.1. The third-order valence-corrected chi connectivity index (χ3v) is 3.66. The van der Waals surface area contributed by atoms with Crippen molar-refractivity contribution in [3.8, 4) is 0 Å². The van der Waals surface area contributed by atoms with Crippen LogP contribution in [0.3, 0.4) is 0 Å². The van der Waals surface area contributed by atoms with Crippen LogP contribution < -0.4 is 10.6 Å². The van der Waals surface area contributed by atoms with E-state index in [1.165, 1.54) is 6.92 Å². The average molecular weight is 326 g/mol. The van der Waals surface area contributed by atoms with Crippen molar-refractivity contribution in [3.63, 3.8) is 0 Å². The van der Waals surface area contributed by atoms with E-state index in [4.69, 9.17) is 0 Å². The Morgan fingerprint density at radius 1 is 1.04 bits per heavy atom. The number of hydrogen-bond acceptors (Lipinski definition) is 3. The standard InChI is InChI=1S/C19H22N2O3/c1-13-9-10-16(20-14(2)22)17(11-13)21-18(23)12-19(3,24)15-7-5-4-6-8-15/h4-11,24H,12H2,1-3H3,(H,20,22)(H,21,23)/t19-/m1/s1. The third-order valence-electron chi connectivity index (χ3n) is 3.66. The number of amides is 2. The summed E-state index contributed by atoms with van der Waals surface area (Å²) in [7, 11) is 0. The highest BCUT2D eigenvalue weighted by Crippen LogP contribution is 2.27. The maximum atomic E-state index is 12.4. The lowest BCUT2D eigenvalue weighted by atomic mass is 9.92. The summed E-state index contributed by atoms with van der Waals surface area (Å²) in [4.78, 5) is 23.7. The number of aryl methyl sites for hydroxylation is 1. The number of nitrogens with one attached hydrogen (secondary N) is 2. The van der Waals surface area contributed by atoms with Crippen molar-refractivity contribution < 1.29 is 14.7 Å². The summed E-state index contributed by atoms with van der Waals surface area (Å²) >= 11 is 0. The molecule has 0 unspecified atom stereocenters. The van der Waals surface area contributed by atoms with Crippen LogP contribution >= 0.6 is 0 Å². The molecule has 2 amide bonds. The Hall–Kier alpha value is -2.66. The topological polar surface area (TPSA) is 78.4 Å². The van der Waals surface area contributed by atoms with Gasteiger partial charge in [0, 0.05) is 6.92 Å². The van der Waals surface area contributed by atoms with Crippen LogP contribution in [0, 0.1) is 6.92 Å². The smallest absolute Gasteiger partial charge is 0.227 e. The quantitative estimate of drug-likeness (QED) is 0.789. The number of hydrogen-bond donors (Lipinski definition) is 3. The van der Waals surface area contributed by atoms with Crippen LogP contribution in [-0.2, 0) is 15.2 Å². The zero-order chi connectivity index (χ0) is 17.7. The van der Waals surface area contributed by atoms with Gasteiger partial charge in [-0.1, -0.05) is 36.4 Å². The van der Waals surface area contributed by atoms with Gasteiger partial charge in [0.1, 0.15) is 0 Å². The van der Waals surface area contributed by atoms with E-state index in [-0.39, 0.29) is 18.2 Å². The van der Waals surface area contributed by atoms with Gasteiger partial charge in [-0.05, 0) is 37.1 Å². The average Bonchev–Trinajstić information content (AvgIpc) is 2.50. The van der Waals surface area contributed by atoms with Gasteiger partial charge in [0.2, 0.25) is 11.8 Å². The summed E-state index contributed by atoms with van der Waals surface area (Å²) in [5, 5.41) is 16.0. The van der Waals surface area contributed by atoms with Gasteiger partial charge in [0.05, 0.1) is 23.4 Å². The Morgan fingerprint density at radius 3 is 2.33 bits per heavy atom. The van der Waals surface area contributed by atoms with Crippen molar-refractivity contribution in [2.24, 2.45) is 0 Å². The zero-order valence-corrected chi connectivity index (χ0v) is 14.1. The summed E-state index contributed by atoms with van der Waals surface area (Å²) in [5.74, 6) is -0.549. The van der Waals surface area contributed by atoms with Crippen LogP contribution in [0.2, 0.25) is 0 Å². The number of rotatable bonds is 5. The summed E-state index contributed by atoms with van der Waals surface area (Å²) in [5.41, 5.74) is 1.39. The maximum absolute atomic E-state index is 12.4. The molecule has 2 rings (SSSR count). The van der Waals surface area contributed by atoms with Gasteiger partial charge >= 0.3 is 0 Å². The predicted octanol–water partition coefficient (Wildman–Crippen LogP) is 3.19. The minimum Gasteiger partial charge on any atom is -0.385 e. The predicted molar refractivity (Wildman–Crippen MR) is 94.7 cm³/mol. The van der Waals surface area contributed by atoms with Gasteiger partial charge in [0.25, 0.3) is 0 Å². The van der Waals surface area contributed by atoms with Gasteiger partial charge in [-0.3, -0.25) is 9.59 Å². The van der Waals surface area contributed by atoms with Crippen molar-refractivity contribution >= 4 is 23.2 Å². The Morgan fingerprint density at radius 2 is 1.71 bits per heavy atom. The lowest BCUT2D eigenvalue weighted by Gasteiger charge is -2.23. The molecule has 5 nitrogen and oxygen atoms in total. The number of carbonyl (C=O) groups is 2. The number of benzene rings is 2. The SMILES string of the molecule is CC(=O)Nc1ccc(C)cc1NC(=O)C[C@@](C)(O)c1ccccc1. The van der Waals surface area contributed by atoms with E-state index in [1.807, 2.05) is 31.2 Å². The van der Waals surface area contributed by atoms with Crippen LogP contribution in [-0.4, -0.2) is 16.9 Å². The van der Waals surface area contributed by atoms with E-state index in [2.05, 4.69) is 10.6 Å². The largest absolute Gasteiger partial charge is 0.385 e. The molecule has 0 saturated heterocycles.